The van der Waals surface area contributed by atoms with E-state index in [2.05, 4.69) is 9.97 Å². The van der Waals surface area contributed by atoms with Crippen LogP contribution in [0, 0.1) is 5.95 Å². The lowest BCUT2D eigenvalue weighted by Gasteiger charge is -2.22. The highest BCUT2D eigenvalue weighted by atomic mass is 19.1. The lowest BCUT2D eigenvalue weighted by atomic mass is 10.3. The summed E-state index contributed by atoms with van der Waals surface area (Å²) in [6.07, 6.45) is 3.10. The monoisotopic (exact) mass is 316 g/mol. The number of halogens is 1. The van der Waals surface area contributed by atoms with Crippen LogP contribution in [-0.4, -0.2) is 47.1 Å². The molecule has 3 rings (SSSR count). The summed E-state index contributed by atoms with van der Waals surface area (Å²) in [5, 5.41) is 0. The lowest BCUT2D eigenvalue weighted by molar-refractivity contribution is 0.155. The number of nitrogens with zero attached hydrogens (tertiary/aromatic N) is 4. The third kappa shape index (κ3) is 3.74. The maximum absolute atomic E-state index is 13.7. The third-order valence-corrected chi connectivity index (χ3v) is 3.64. The summed E-state index contributed by atoms with van der Waals surface area (Å²) < 4.78 is 19.1. The van der Waals surface area contributed by atoms with Crippen molar-refractivity contribution in [1.82, 2.24) is 14.9 Å². The van der Waals surface area contributed by atoms with E-state index >= 15 is 0 Å². The molecular weight excluding hydrogens is 299 g/mol. The summed E-state index contributed by atoms with van der Waals surface area (Å²) in [5.74, 6) is 0.150. The molecule has 1 aromatic heterocycles. The Balaban J connectivity index is 1.62. The molecule has 2 heterocycles. The first-order valence-corrected chi connectivity index (χ1v) is 7.47. The van der Waals surface area contributed by atoms with Crippen molar-refractivity contribution in [1.29, 1.82) is 0 Å². The average molecular weight is 316 g/mol. The fourth-order valence-electron chi connectivity index (χ4n) is 2.49. The molecule has 120 valence electrons. The Kier molecular flexibility index (Phi) is 4.65. The number of rotatable bonds is 2. The number of hydrogen-bond donors (Lipinski definition) is 0. The summed E-state index contributed by atoms with van der Waals surface area (Å²) in [7, 11) is 0. The molecule has 1 aliphatic rings. The zero-order valence-electron chi connectivity index (χ0n) is 12.6. The summed E-state index contributed by atoms with van der Waals surface area (Å²) in [4.78, 5) is 23.3. The van der Waals surface area contributed by atoms with Crippen molar-refractivity contribution in [3.63, 3.8) is 0 Å². The van der Waals surface area contributed by atoms with Crippen molar-refractivity contribution in [2.24, 2.45) is 0 Å². The second-order valence-corrected chi connectivity index (χ2v) is 5.18. The van der Waals surface area contributed by atoms with Gasteiger partial charge in [0.05, 0.1) is 0 Å². The molecule has 0 spiro atoms. The zero-order valence-corrected chi connectivity index (χ0v) is 12.6. The van der Waals surface area contributed by atoms with Gasteiger partial charge in [0.2, 0.25) is 0 Å². The van der Waals surface area contributed by atoms with Crippen LogP contribution in [0.4, 0.5) is 15.0 Å². The number of carbonyl (C=O) groups excluding carboxylic acids is 1. The first kappa shape index (κ1) is 15.2. The van der Waals surface area contributed by atoms with Crippen LogP contribution < -0.4 is 9.64 Å². The Morgan fingerprint density at radius 3 is 2.61 bits per heavy atom. The van der Waals surface area contributed by atoms with E-state index < -0.39 is 12.0 Å². The highest BCUT2D eigenvalue weighted by Crippen LogP contribution is 2.17. The average Bonchev–Trinajstić information content (AvgIpc) is 2.82. The molecule has 6 nitrogen and oxygen atoms in total. The Morgan fingerprint density at radius 2 is 1.83 bits per heavy atom. The molecule has 0 aliphatic carbocycles. The van der Waals surface area contributed by atoms with E-state index in [1.807, 2.05) is 18.2 Å². The van der Waals surface area contributed by atoms with Crippen LogP contribution in [0.15, 0.2) is 42.7 Å². The number of anilines is 1. The Morgan fingerprint density at radius 1 is 1.04 bits per heavy atom. The quantitative estimate of drug-likeness (QED) is 0.851. The number of amides is 1. The summed E-state index contributed by atoms with van der Waals surface area (Å²) >= 11 is 0. The molecule has 0 atom stereocenters. The van der Waals surface area contributed by atoms with E-state index in [4.69, 9.17) is 4.74 Å². The van der Waals surface area contributed by atoms with Gasteiger partial charge >= 0.3 is 6.09 Å². The van der Waals surface area contributed by atoms with Gasteiger partial charge in [0.1, 0.15) is 5.75 Å². The first-order chi connectivity index (χ1) is 11.2. The Labute approximate surface area is 133 Å². The van der Waals surface area contributed by atoms with Crippen molar-refractivity contribution in [2.75, 3.05) is 31.1 Å². The van der Waals surface area contributed by atoms with E-state index in [1.54, 1.807) is 21.9 Å². The molecule has 1 aromatic carbocycles. The molecule has 0 unspecified atom stereocenters. The highest BCUT2D eigenvalue weighted by Gasteiger charge is 2.23. The number of ether oxygens (including phenoxy) is 1. The highest BCUT2D eigenvalue weighted by molar-refractivity contribution is 5.70. The predicted octanol–water partition coefficient (Wildman–Crippen LogP) is 2.33. The largest absolute Gasteiger partial charge is 0.415 e. The normalized spacial score (nSPS) is 15.2. The Hall–Kier alpha value is -2.70. The molecule has 7 heteroatoms. The fraction of sp³-hybridized carbons (Fsp3) is 0.312. The molecule has 0 N–H and O–H groups in total. The Bertz CT molecular complexity index is 668. The van der Waals surface area contributed by atoms with E-state index in [-0.39, 0.29) is 5.82 Å². The van der Waals surface area contributed by atoms with Crippen LogP contribution in [0.25, 0.3) is 0 Å². The smallest absolute Gasteiger partial charge is 0.410 e. The molecule has 0 radical (unpaired) electrons. The van der Waals surface area contributed by atoms with Gasteiger partial charge in [-0.15, -0.1) is 0 Å². The van der Waals surface area contributed by atoms with E-state index in [0.29, 0.717) is 38.3 Å². The molecular formula is C16H17FN4O2. The van der Waals surface area contributed by atoms with Gasteiger partial charge in [0, 0.05) is 38.6 Å². The molecule has 0 saturated carbocycles. The van der Waals surface area contributed by atoms with Crippen LogP contribution in [0.5, 0.6) is 5.75 Å². The van der Waals surface area contributed by atoms with Gasteiger partial charge in [0.25, 0.3) is 5.95 Å². The molecule has 1 aliphatic heterocycles. The van der Waals surface area contributed by atoms with Gasteiger partial charge in [-0.3, -0.25) is 0 Å². The zero-order chi connectivity index (χ0) is 16.1. The molecule has 1 fully saturated rings. The molecule has 2 aromatic rings. The topological polar surface area (TPSA) is 58.6 Å². The summed E-state index contributed by atoms with van der Waals surface area (Å²) in [6, 6.07) is 8.94. The van der Waals surface area contributed by atoms with Crippen LogP contribution in [0.3, 0.4) is 0 Å². The SMILES string of the molecule is O=C(Oc1ccccc1)N1CCCN(c2nccnc2F)CC1. The standard InChI is InChI=1S/C16H17FN4O2/c17-14-15(19-8-7-18-14)20-9-4-10-21(12-11-20)16(22)23-13-5-2-1-3-6-13/h1-3,5-8H,4,9-12H2. The fourth-order valence-corrected chi connectivity index (χ4v) is 2.49. The second kappa shape index (κ2) is 7.04. The van der Waals surface area contributed by atoms with Gasteiger partial charge in [-0.2, -0.15) is 4.39 Å². The molecule has 23 heavy (non-hydrogen) atoms. The number of carbonyl (C=O) groups is 1. The van der Waals surface area contributed by atoms with E-state index in [0.717, 1.165) is 0 Å². The van der Waals surface area contributed by atoms with Crippen molar-refractivity contribution in [3.05, 3.63) is 48.7 Å². The minimum Gasteiger partial charge on any atom is -0.410 e. The van der Waals surface area contributed by atoms with Crippen molar-refractivity contribution in [3.8, 4) is 5.75 Å². The van der Waals surface area contributed by atoms with Crippen LogP contribution >= 0.6 is 0 Å². The number of benzene rings is 1. The van der Waals surface area contributed by atoms with Crippen molar-refractivity contribution in [2.45, 2.75) is 6.42 Å². The molecule has 0 bridgehead atoms. The van der Waals surface area contributed by atoms with Gasteiger partial charge in [-0.25, -0.2) is 14.8 Å². The molecule has 1 amide bonds. The van der Waals surface area contributed by atoms with Crippen molar-refractivity contribution >= 4 is 11.9 Å². The molecule has 1 saturated heterocycles. The van der Waals surface area contributed by atoms with Gasteiger partial charge in [-0.05, 0) is 18.6 Å². The van der Waals surface area contributed by atoms with Crippen molar-refractivity contribution < 1.29 is 13.9 Å². The van der Waals surface area contributed by atoms with Gasteiger partial charge in [0.15, 0.2) is 5.82 Å². The second-order valence-electron chi connectivity index (χ2n) is 5.18. The van der Waals surface area contributed by atoms with Gasteiger partial charge in [-0.1, -0.05) is 18.2 Å². The van der Waals surface area contributed by atoms with Crippen LogP contribution in [0.2, 0.25) is 0 Å². The third-order valence-electron chi connectivity index (χ3n) is 3.64. The summed E-state index contributed by atoms with van der Waals surface area (Å²) in [6.45, 7) is 2.11. The van der Waals surface area contributed by atoms with Crippen LogP contribution in [-0.2, 0) is 0 Å². The maximum Gasteiger partial charge on any atom is 0.415 e. The number of hydrogen-bond acceptors (Lipinski definition) is 5. The van der Waals surface area contributed by atoms with E-state index in [9.17, 15) is 9.18 Å². The summed E-state index contributed by atoms with van der Waals surface area (Å²) in [5.41, 5.74) is 0. The predicted molar refractivity (Wildman–Crippen MR) is 82.9 cm³/mol. The minimum atomic E-state index is -0.590. The van der Waals surface area contributed by atoms with Gasteiger partial charge < -0.3 is 14.5 Å². The minimum absolute atomic E-state index is 0.228. The van der Waals surface area contributed by atoms with E-state index in [1.165, 1.54) is 12.4 Å². The van der Waals surface area contributed by atoms with Crippen LogP contribution in [0.1, 0.15) is 6.42 Å². The maximum atomic E-state index is 13.7. The lowest BCUT2D eigenvalue weighted by Crippen LogP contribution is -2.37. The first-order valence-electron chi connectivity index (χ1n) is 7.47. The number of aromatic nitrogens is 2. The number of para-hydroxylation sites is 1.